The summed E-state index contributed by atoms with van der Waals surface area (Å²) in [6, 6.07) is 11.3. The molecule has 3 aromatic rings. The van der Waals surface area contributed by atoms with Crippen molar-refractivity contribution in [2.45, 2.75) is 23.9 Å². The van der Waals surface area contributed by atoms with Gasteiger partial charge in [0.1, 0.15) is 5.82 Å². The van der Waals surface area contributed by atoms with Crippen LogP contribution >= 0.6 is 35.0 Å². The summed E-state index contributed by atoms with van der Waals surface area (Å²) in [5, 5.41) is 10.1. The highest BCUT2D eigenvalue weighted by atomic mass is 35.5. The second-order valence-electron chi connectivity index (χ2n) is 5.48. The van der Waals surface area contributed by atoms with Crippen LogP contribution in [0.25, 0.3) is 5.69 Å². The van der Waals surface area contributed by atoms with Crippen LogP contribution in [0.1, 0.15) is 24.4 Å². The zero-order valence-electron chi connectivity index (χ0n) is 13.3. The number of benzene rings is 2. The summed E-state index contributed by atoms with van der Waals surface area (Å²) in [5.41, 5.74) is 7.72. The molecule has 2 aromatic carbocycles. The Bertz CT molecular complexity index is 881. The molecule has 25 heavy (non-hydrogen) atoms. The molecule has 4 nitrogen and oxygen atoms in total. The van der Waals surface area contributed by atoms with Crippen molar-refractivity contribution in [3.63, 3.8) is 0 Å². The maximum Gasteiger partial charge on any atom is 0.196 e. The quantitative estimate of drug-likeness (QED) is 0.614. The van der Waals surface area contributed by atoms with Crippen LogP contribution in [0.2, 0.25) is 10.0 Å². The van der Waals surface area contributed by atoms with Crippen molar-refractivity contribution in [3.8, 4) is 5.69 Å². The van der Waals surface area contributed by atoms with Crippen molar-refractivity contribution in [2.75, 3.05) is 0 Å². The summed E-state index contributed by atoms with van der Waals surface area (Å²) in [5.74, 6) is 0.956. The Morgan fingerprint density at radius 2 is 1.88 bits per heavy atom. The molecule has 2 N–H and O–H groups in total. The van der Waals surface area contributed by atoms with Crippen LogP contribution in [0.4, 0.5) is 4.39 Å². The minimum Gasteiger partial charge on any atom is -0.322 e. The van der Waals surface area contributed by atoms with E-state index in [-0.39, 0.29) is 11.9 Å². The Labute approximate surface area is 159 Å². The lowest BCUT2D eigenvalue weighted by Crippen LogP contribution is -2.13. The van der Waals surface area contributed by atoms with E-state index in [0.29, 0.717) is 32.5 Å². The molecule has 0 radical (unpaired) electrons. The number of thioether (sulfide) groups is 1. The molecular weight excluding hydrogens is 382 g/mol. The number of aromatic nitrogens is 3. The number of nitrogens with two attached hydrogens (primary N) is 1. The van der Waals surface area contributed by atoms with Crippen LogP contribution < -0.4 is 5.73 Å². The fourth-order valence-corrected chi connectivity index (χ4v) is 3.69. The Kier molecular flexibility index (Phi) is 5.64. The first-order valence-electron chi connectivity index (χ1n) is 7.49. The summed E-state index contributed by atoms with van der Waals surface area (Å²) in [6.07, 6.45) is 0. The van der Waals surface area contributed by atoms with Gasteiger partial charge >= 0.3 is 0 Å². The van der Waals surface area contributed by atoms with Crippen molar-refractivity contribution in [1.82, 2.24) is 14.8 Å². The second-order valence-corrected chi connectivity index (χ2v) is 7.26. The third-order valence-corrected chi connectivity index (χ3v) is 5.04. The van der Waals surface area contributed by atoms with E-state index in [1.165, 1.54) is 23.9 Å². The Hall–Kier alpha value is -1.60. The topological polar surface area (TPSA) is 56.7 Å². The molecular formula is C17H15Cl2FN4S. The van der Waals surface area contributed by atoms with Crippen LogP contribution in [0.3, 0.4) is 0 Å². The number of hydrogen-bond acceptors (Lipinski definition) is 4. The Morgan fingerprint density at radius 3 is 2.52 bits per heavy atom. The van der Waals surface area contributed by atoms with Crippen molar-refractivity contribution in [3.05, 3.63) is 69.7 Å². The van der Waals surface area contributed by atoms with E-state index in [1.54, 1.807) is 24.3 Å². The summed E-state index contributed by atoms with van der Waals surface area (Å²) < 4.78 is 14.9. The van der Waals surface area contributed by atoms with Gasteiger partial charge < -0.3 is 5.73 Å². The van der Waals surface area contributed by atoms with Crippen LogP contribution in [0.5, 0.6) is 0 Å². The predicted molar refractivity (Wildman–Crippen MR) is 99.9 cm³/mol. The van der Waals surface area contributed by atoms with E-state index >= 15 is 0 Å². The molecule has 0 aliphatic carbocycles. The van der Waals surface area contributed by atoms with Gasteiger partial charge in [0.05, 0.1) is 16.8 Å². The molecule has 0 fully saturated rings. The maximum atomic E-state index is 13.0. The highest BCUT2D eigenvalue weighted by Gasteiger charge is 2.19. The second kappa shape index (κ2) is 7.74. The lowest BCUT2D eigenvalue weighted by atomic mass is 10.2. The van der Waals surface area contributed by atoms with Gasteiger partial charge in [0.15, 0.2) is 11.0 Å². The number of rotatable bonds is 5. The molecule has 0 aliphatic rings. The minimum absolute atomic E-state index is 0.260. The molecule has 0 amide bonds. The Morgan fingerprint density at radius 1 is 1.16 bits per heavy atom. The molecule has 0 aliphatic heterocycles. The average molecular weight is 397 g/mol. The molecule has 0 saturated heterocycles. The van der Waals surface area contributed by atoms with Crippen molar-refractivity contribution in [1.29, 1.82) is 0 Å². The van der Waals surface area contributed by atoms with Gasteiger partial charge in [0.25, 0.3) is 0 Å². The summed E-state index contributed by atoms with van der Waals surface area (Å²) in [4.78, 5) is 0. The monoisotopic (exact) mass is 396 g/mol. The van der Waals surface area contributed by atoms with Gasteiger partial charge in [-0.15, -0.1) is 10.2 Å². The normalized spacial score (nSPS) is 12.4. The molecule has 1 aromatic heterocycles. The van der Waals surface area contributed by atoms with Gasteiger partial charge in [-0.1, -0.05) is 47.1 Å². The van der Waals surface area contributed by atoms with Crippen LogP contribution in [-0.2, 0) is 5.75 Å². The van der Waals surface area contributed by atoms with E-state index in [1.807, 2.05) is 17.6 Å². The molecule has 1 atom stereocenters. The third-order valence-electron chi connectivity index (χ3n) is 3.50. The summed E-state index contributed by atoms with van der Waals surface area (Å²) >= 11 is 13.8. The van der Waals surface area contributed by atoms with Crippen LogP contribution in [-0.4, -0.2) is 14.8 Å². The van der Waals surface area contributed by atoms with Crippen LogP contribution in [0, 0.1) is 5.82 Å². The van der Waals surface area contributed by atoms with Crippen LogP contribution in [0.15, 0.2) is 47.6 Å². The lowest BCUT2D eigenvalue weighted by Gasteiger charge is -2.13. The van der Waals surface area contributed by atoms with Crippen molar-refractivity contribution in [2.24, 2.45) is 5.73 Å². The summed E-state index contributed by atoms with van der Waals surface area (Å²) in [6.45, 7) is 1.83. The van der Waals surface area contributed by atoms with E-state index in [0.717, 1.165) is 5.56 Å². The molecule has 1 heterocycles. The standard InChI is InChI=1S/C17H15Cl2FN4S/c1-10(21)16-22-23-17(25-9-11-2-5-13(20)6-3-11)24(16)15-7-4-12(18)8-14(15)19/h2-8,10H,9,21H2,1H3. The minimum atomic E-state index is -0.320. The van der Waals surface area contributed by atoms with Crippen molar-refractivity contribution >= 4 is 35.0 Å². The van der Waals surface area contributed by atoms with E-state index < -0.39 is 0 Å². The molecule has 3 rings (SSSR count). The highest BCUT2D eigenvalue weighted by molar-refractivity contribution is 7.98. The summed E-state index contributed by atoms with van der Waals surface area (Å²) in [7, 11) is 0. The highest BCUT2D eigenvalue weighted by Crippen LogP contribution is 2.31. The number of hydrogen-bond donors (Lipinski definition) is 1. The molecule has 0 bridgehead atoms. The first kappa shape index (κ1) is 18.2. The third kappa shape index (κ3) is 4.15. The number of nitrogens with zero attached hydrogens (tertiary/aromatic N) is 3. The molecule has 0 saturated carbocycles. The zero-order valence-corrected chi connectivity index (χ0v) is 15.6. The Balaban J connectivity index is 1.95. The van der Waals surface area contributed by atoms with Gasteiger partial charge in [0.2, 0.25) is 0 Å². The molecule has 130 valence electrons. The number of halogens is 3. The largest absolute Gasteiger partial charge is 0.322 e. The molecule has 0 spiro atoms. The smallest absolute Gasteiger partial charge is 0.196 e. The fourth-order valence-electron chi connectivity index (χ4n) is 2.29. The van der Waals surface area contributed by atoms with Gasteiger partial charge in [-0.05, 0) is 42.8 Å². The van der Waals surface area contributed by atoms with Gasteiger partial charge in [0, 0.05) is 10.8 Å². The first-order valence-corrected chi connectivity index (χ1v) is 9.23. The fraction of sp³-hybridized carbons (Fsp3) is 0.176. The van der Waals surface area contributed by atoms with Crippen molar-refractivity contribution < 1.29 is 4.39 Å². The van der Waals surface area contributed by atoms with E-state index in [9.17, 15) is 4.39 Å². The van der Waals surface area contributed by atoms with Gasteiger partial charge in [-0.25, -0.2) is 4.39 Å². The predicted octanol–water partition coefficient (Wildman–Crippen LogP) is 5.03. The van der Waals surface area contributed by atoms with Gasteiger partial charge in [-0.2, -0.15) is 0 Å². The average Bonchev–Trinajstić information content (AvgIpc) is 2.98. The molecule has 8 heteroatoms. The van der Waals surface area contributed by atoms with E-state index in [4.69, 9.17) is 28.9 Å². The van der Waals surface area contributed by atoms with E-state index in [2.05, 4.69) is 10.2 Å². The van der Waals surface area contributed by atoms with Gasteiger partial charge in [-0.3, -0.25) is 4.57 Å². The first-order chi connectivity index (χ1) is 12.0. The maximum absolute atomic E-state index is 13.0. The molecule has 1 unspecified atom stereocenters. The lowest BCUT2D eigenvalue weighted by molar-refractivity contribution is 0.627. The zero-order chi connectivity index (χ0) is 18.0. The SMILES string of the molecule is CC(N)c1nnc(SCc2ccc(F)cc2)n1-c1ccc(Cl)cc1Cl.